The molecule has 25 heavy (non-hydrogen) atoms. The van der Waals surface area contributed by atoms with Gasteiger partial charge in [-0.2, -0.15) is 5.26 Å². The number of H-pyrrole nitrogens is 1. The van der Waals surface area contributed by atoms with E-state index in [1.807, 2.05) is 25.1 Å². The van der Waals surface area contributed by atoms with Crippen molar-refractivity contribution in [3.63, 3.8) is 0 Å². The Bertz CT molecular complexity index is 1050. The molecule has 2 N–H and O–H groups in total. The summed E-state index contributed by atoms with van der Waals surface area (Å²) in [5, 5.41) is 13.8. The number of rotatable bonds is 4. The number of fused-ring (bicyclic) bond motifs is 1. The number of hydrogen-bond donors (Lipinski definition) is 2. The van der Waals surface area contributed by atoms with Gasteiger partial charge in [0.15, 0.2) is 5.75 Å². The van der Waals surface area contributed by atoms with E-state index in [2.05, 4.69) is 16.4 Å². The van der Waals surface area contributed by atoms with Crippen LogP contribution in [-0.4, -0.2) is 12.1 Å². The average molecular weight is 354 g/mol. The van der Waals surface area contributed by atoms with Crippen molar-refractivity contribution in [2.75, 3.05) is 12.4 Å². The lowest BCUT2D eigenvalue weighted by atomic mass is 10.1. The number of aromatic amines is 1. The Morgan fingerprint density at radius 3 is 2.84 bits per heavy atom. The van der Waals surface area contributed by atoms with Crippen LogP contribution in [0.4, 0.5) is 5.69 Å². The maximum absolute atomic E-state index is 12.4. The molecule has 6 heteroatoms. The molecule has 0 aliphatic heterocycles. The summed E-state index contributed by atoms with van der Waals surface area (Å²) in [6.45, 7) is 2.20. The molecule has 1 heterocycles. The highest BCUT2D eigenvalue weighted by Crippen LogP contribution is 2.28. The number of hydrogen-bond acceptors (Lipinski definition) is 4. The molecule has 0 unspecified atom stereocenters. The van der Waals surface area contributed by atoms with E-state index in [0.29, 0.717) is 34.1 Å². The van der Waals surface area contributed by atoms with Gasteiger partial charge in [-0.1, -0.05) is 17.7 Å². The lowest BCUT2D eigenvalue weighted by Crippen LogP contribution is -2.16. The van der Waals surface area contributed by atoms with Crippen molar-refractivity contribution in [1.29, 1.82) is 5.26 Å². The Balaban J connectivity index is 1.96. The van der Waals surface area contributed by atoms with Crippen LogP contribution in [0.2, 0.25) is 5.02 Å². The summed E-state index contributed by atoms with van der Waals surface area (Å²) in [7, 11) is 1.51. The van der Waals surface area contributed by atoms with E-state index < -0.39 is 0 Å². The highest BCUT2D eigenvalue weighted by molar-refractivity contribution is 6.31. The third kappa shape index (κ3) is 3.30. The minimum atomic E-state index is -0.166. The van der Waals surface area contributed by atoms with E-state index in [4.69, 9.17) is 21.6 Å². The minimum absolute atomic E-state index is 0.166. The van der Waals surface area contributed by atoms with E-state index in [1.165, 1.54) is 7.11 Å². The first-order valence-corrected chi connectivity index (χ1v) is 8.04. The predicted molar refractivity (Wildman–Crippen MR) is 99.4 cm³/mol. The normalized spacial score (nSPS) is 10.5. The second-order valence-corrected chi connectivity index (χ2v) is 6.10. The smallest absolute Gasteiger partial charge is 0.253 e. The van der Waals surface area contributed by atoms with Crippen molar-refractivity contribution >= 4 is 28.2 Å². The molecule has 0 saturated heterocycles. The number of aromatic nitrogens is 1. The standard InChI is InChI=1S/C19H16ClN3O2/c1-11-6-15(20)8-13-7-14(19(24)23-17(11)13)10-22-16-5-3-4-12(9-21)18(16)25-2/h3-8,22H,10H2,1-2H3,(H,23,24). The molecule has 3 rings (SSSR count). The van der Waals surface area contributed by atoms with Crippen molar-refractivity contribution in [1.82, 2.24) is 4.98 Å². The van der Waals surface area contributed by atoms with Crippen molar-refractivity contribution < 1.29 is 4.74 Å². The second kappa shape index (κ2) is 6.88. The van der Waals surface area contributed by atoms with Crippen LogP contribution < -0.4 is 15.6 Å². The Morgan fingerprint density at radius 2 is 2.12 bits per heavy atom. The Kier molecular flexibility index (Phi) is 4.64. The number of nitrogens with one attached hydrogen (secondary N) is 2. The number of nitriles is 1. The zero-order valence-electron chi connectivity index (χ0n) is 13.8. The van der Waals surface area contributed by atoms with Crippen molar-refractivity contribution in [2.24, 2.45) is 0 Å². The highest BCUT2D eigenvalue weighted by Gasteiger charge is 2.10. The molecular formula is C19H16ClN3O2. The van der Waals surface area contributed by atoms with Crippen LogP contribution in [0.1, 0.15) is 16.7 Å². The fourth-order valence-corrected chi connectivity index (χ4v) is 3.09. The number of ether oxygens (including phenoxy) is 1. The van der Waals surface area contributed by atoms with Crippen LogP contribution in [0.25, 0.3) is 10.9 Å². The van der Waals surface area contributed by atoms with E-state index in [-0.39, 0.29) is 5.56 Å². The highest BCUT2D eigenvalue weighted by atomic mass is 35.5. The van der Waals surface area contributed by atoms with Gasteiger partial charge in [-0.15, -0.1) is 0 Å². The molecule has 2 aromatic carbocycles. The predicted octanol–water partition coefficient (Wildman–Crippen LogP) is 3.98. The molecule has 0 bridgehead atoms. The first-order valence-electron chi connectivity index (χ1n) is 7.66. The molecule has 0 aliphatic rings. The number of nitrogens with zero attached hydrogens (tertiary/aromatic N) is 1. The number of halogens is 1. The zero-order valence-corrected chi connectivity index (χ0v) is 14.6. The van der Waals surface area contributed by atoms with Gasteiger partial charge >= 0.3 is 0 Å². The molecule has 0 fully saturated rings. The molecule has 0 spiro atoms. The Hall–Kier alpha value is -2.97. The van der Waals surface area contributed by atoms with Crippen molar-refractivity contribution in [2.45, 2.75) is 13.5 Å². The van der Waals surface area contributed by atoms with Crippen molar-refractivity contribution in [3.05, 3.63) is 68.5 Å². The summed E-state index contributed by atoms with van der Waals surface area (Å²) in [4.78, 5) is 15.3. The third-order valence-electron chi connectivity index (χ3n) is 4.00. The molecule has 0 saturated carbocycles. The van der Waals surface area contributed by atoms with E-state index >= 15 is 0 Å². The number of methoxy groups -OCH3 is 1. The van der Waals surface area contributed by atoms with Crippen LogP contribution in [0.15, 0.2) is 41.2 Å². The van der Waals surface area contributed by atoms with Crippen LogP contribution in [0, 0.1) is 18.3 Å². The Labute approximate surface area is 149 Å². The van der Waals surface area contributed by atoms with Crippen LogP contribution in [-0.2, 0) is 6.54 Å². The van der Waals surface area contributed by atoms with E-state index in [1.54, 1.807) is 18.2 Å². The first kappa shape index (κ1) is 16.9. The molecule has 3 aromatic rings. The van der Waals surface area contributed by atoms with Gasteiger partial charge in [0.1, 0.15) is 6.07 Å². The summed E-state index contributed by atoms with van der Waals surface area (Å²) in [6, 6.07) is 12.8. The minimum Gasteiger partial charge on any atom is -0.493 e. The van der Waals surface area contributed by atoms with E-state index in [9.17, 15) is 4.79 Å². The van der Waals surface area contributed by atoms with Gasteiger partial charge < -0.3 is 15.0 Å². The van der Waals surface area contributed by atoms with Crippen LogP contribution in [0.5, 0.6) is 5.75 Å². The number of para-hydroxylation sites is 1. The van der Waals surface area contributed by atoms with Gasteiger partial charge in [0.25, 0.3) is 5.56 Å². The van der Waals surface area contributed by atoms with Gasteiger partial charge in [0, 0.05) is 22.5 Å². The molecular weight excluding hydrogens is 338 g/mol. The molecule has 126 valence electrons. The average Bonchev–Trinajstić information content (AvgIpc) is 2.60. The van der Waals surface area contributed by atoms with Gasteiger partial charge in [-0.05, 0) is 42.8 Å². The van der Waals surface area contributed by atoms with Gasteiger partial charge in [-0.3, -0.25) is 4.79 Å². The van der Waals surface area contributed by atoms with Gasteiger partial charge in [0.05, 0.1) is 23.9 Å². The monoisotopic (exact) mass is 353 g/mol. The number of anilines is 1. The fourth-order valence-electron chi connectivity index (χ4n) is 2.81. The number of benzene rings is 2. The molecule has 1 aromatic heterocycles. The lowest BCUT2D eigenvalue weighted by Gasteiger charge is -2.12. The van der Waals surface area contributed by atoms with E-state index in [0.717, 1.165) is 16.5 Å². The van der Waals surface area contributed by atoms with Crippen LogP contribution in [0.3, 0.4) is 0 Å². The summed E-state index contributed by atoms with van der Waals surface area (Å²) < 4.78 is 5.30. The molecule has 0 radical (unpaired) electrons. The fraction of sp³-hybridized carbons (Fsp3) is 0.158. The summed E-state index contributed by atoms with van der Waals surface area (Å²) in [5.74, 6) is 0.459. The topological polar surface area (TPSA) is 77.9 Å². The summed E-state index contributed by atoms with van der Waals surface area (Å²) in [6.07, 6.45) is 0. The van der Waals surface area contributed by atoms with Gasteiger partial charge in [0.2, 0.25) is 0 Å². The summed E-state index contributed by atoms with van der Waals surface area (Å²) in [5.41, 5.74) is 3.19. The molecule has 0 atom stereocenters. The number of aryl methyl sites for hydroxylation is 1. The van der Waals surface area contributed by atoms with Crippen LogP contribution >= 0.6 is 11.6 Å². The Morgan fingerprint density at radius 1 is 1.32 bits per heavy atom. The largest absolute Gasteiger partial charge is 0.493 e. The lowest BCUT2D eigenvalue weighted by molar-refractivity contribution is 0.415. The van der Waals surface area contributed by atoms with Crippen molar-refractivity contribution in [3.8, 4) is 11.8 Å². The van der Waals surface area contributed by atoms with Gasteiger partial charge in [-0.25, -0.2) is 0 Å². The maximum Gasteiger partial charge on any atom is 0.253 e. The maximum atomic E-state index is 12.4. The summed E-state index contributed by atoms with van der Waals surface area (Å²) >= 11 is 6.11. The molecule has 5 nitrogen and oxygen atoms in total. The quantitative estimate of drug-likeness (QED) is 0.743. The zero-order chi connectivity index (χ0) is 18.0. The molecule has 0 aliphatic carbocycles. The number of pyridine rings is 1. The second-order valence-electron chi connectivity index (χ2n) is 5.66. The first-order chi connectivity index (χ1) is 12.0. The third-order valence-corrected chi connectivity index (χ3v) is 4.22. The SMILES string of the molecule is COc1c(C#N)cccc1NCc1cc2cc(Cl)cc(C)c2[nH]c1=O. The molecule has 0 amide bonds.